The molecule has 2 heterocycles. The molecule has 1 aliphatic rings. The molecule has 0 radical (unpaired) electrons. The zero-order valence-corrected chi connectivity index (χ0v) is 14.8. The molecule has 26 heavy (non-hydrogen) atoms. The molecule has 0 saturated carbocycles. The largest absolute Gasteiger partial charge is 0.478 e. The highest BCUT2D eigenvalue weighted by atomic mass is 16.5. The lowest BCUT2D eigenvalue weighted by molar-refractivity contribution is -0.0439. The van der Waals surface area contributed by atoms with Crippen molar-refractivity contribution >= 4 is 11.9 Å². The van der Waals surface area contributed by atoms with Gasteiger partial charge in [-0.2, -0.15) is 0 Å². The summed E-state index contributed by atoms with van der Waals surface area (Å²) in [4.78, 5) is 25.2. The molecule has 3 rings (SSSR count). The average molecular weight is 357 g/mol. The van der Waals surface area contributed by atoms with Crippen molar-refractivity contribution < 1.29 is 23.8 Å². The second kappa shape index (κ2) is 8.19. The third-order valence-electron chi connectivity index (χ3n) is 4.51. The minimum atomic E-state index is -1.08. The maximum atomic E-state index is 12.4. The van der Waals surface area contributed by atoms with Crippen LogP contribution in [0.2, 0.25) is 0 Å². The number of hydrogen-bond donors (Lipinski definition) is 1. The number of nitrogens with zero attached hydrogens (tertiary/aromatic N) is 1. The van der Waals surface area contributed by atoms with E-state index in [-0.39, 0.29) is 23.3 Å². The number of carbonyl (C=O) groups is 2. The molecule has 1 aromatic heterocycles. The average Bonchev–Trinajstić information content (AvgIpc) is 3.05. The van der Waals surface area contributed by atoms with Gasteiger partial charge in [-0.1, -0.05) is 37.3 Å². The van der Waals surface area contributed by atoms with Crippen molar-refractivity contribution in [2.24, 2.45) is 0 Å². The molecule has 1 N–H and O–H groups in total. The van der Waals surface area contributed by atoms with Gasteiger partial charge in [0.05, 0.1) is 6.10 Å². The van der Waals surface area contributed by atoms with Gasteiger partial charge in [0.25, 0.3) is 5.91 Å². The monoisotopic (exact) mass is 357 g/mol. The van der Waals surface area contributed by atoms with E-state index in [0.717, 1.165) is 12.8 Å². The first-order chi connectivity index (χ1) is 12.6. The maximum Gasteiger partial charge on any atom is 0.339 e. The summed E-state index contributed by atoms with van der Waals surface area (Å²) in [5.41, 5.74) is 1.35. The Hall–Kier alpha value is -2.60. The fourth-order valence-corrected chi connectivity index (χ4v) is 3.01. The number of carboxylic acids is 1. The second-order valence-corrected chi connectivity index (χ2v) is 6.40. The number of furan rings is 1. The zero-order valence-electron chi connectivity index (χ0n) is 14.8. The summed E-state index contributed by atoms with van der Waals surface area (Å²) in [5.74, 6) is -0.943. The molecule has 0 bridgehead atoms. The third kappa shape index (κ3) is 4.14. The SMILES string of the molecule is CCc1oc(C(=O)N2CC(OCCCc3ccccc3)C2)cc1C(=O)O. The van der Waals surface area contributed by atoms with Gasteiger partial charge in [0.2, 0.25) is 0 Å². The van der Waals surface area contributed by atoms with Gasteiger partial charge >= 0.3 is 5.97 Å². The minimum absolute atomic E-state index is 0.0364. The van der Waals surface area contributed by atoms with Crippen LogP contribution >= 0.6 is 0 Å². The fraction of sp³-hybridized carbons (Fsp3) is 0.400. The van der Waals surface area contributed by atoms with E-state index >= 15 is 0 Å². The summed E-state index contributed by atoms with van der Waals surface area (Å²) < 4.78 is 11.2. The molecule has 0 unspecified atom stereocenters. The van der Waals surface area contributed by atoms with Gasteiger partial charge in [0.1, 0.15) is 11.3 Å². The predicted molar refractivity (Wildman–Crippen MR) is 95.5 cm³/mol. The maximum absolute atomic E-state index is 12.4. The topological polar surface area (TPSA) is 80.0 Å². The number of rotatable bonds is 8. The van der Waals surface area contributed by atoms with Crippen LogP contribution in [0.15, 0.2) is 40.8 Å². The van der Waals surface area contributed by atoms with E-state index in [1.54, 1.807) is 11.8 Å². The van der Waals surface area contributed by atoms with Gasteiger partial charge in [-0.15, -0.1) is 0 Å². The third-order valence-corrected chi connectivity index (χ3v) is 4.51. The number of aryl methyl sites for hydroxylation is 2. The molecule has 2 aromatic rings. The Kier molecular flexibility index (Phi) is 5.73. The highest BCUT2D eigenvalue weighted by Crippen LogP contribution is 2.21. The first kappa shape index (κ1) is 18.2. The van der Waals surface area contributed by atoms with Gasteiger partial charge in [-0.05, 0) is 18.4 Å². The quantitative estimate of drug-likeness (QED) is 0.735. The van der Waals surface area contributed by atoms with E-state index in [2.05, 4.69) is 12.1 Å². The number of likely N-dealkylation sites (tertiary alicyclic amines) is 1. The lowest BCUT2D eigenvalue weighted by Crippen LogP contribution is -2.54. The number of amides is 1. The number of benzene rings is 1. The van der Waals surface area contributed by atoms with E-state index in [9.17, 15) is 9.59 Å². The molecule has 6 heteroatoms. The van der Waals surface area contributed by atoms with Crippen LogP contribution in [-0.4, -0.2) is 47.7 Å². The highest BCUT2D eigenvalue weighted by molar-refractivity contribution is 5.96. The first-order valence-electron chi connectivity index (χ1n) is 8.89. The van der Waals surface area contributed by atoms with Gasteiger partial charge in [-0.3, -0.25) is 4.79 Å². The van der Waals surface area contributed by atoms with Gasteiger partial charge in [0, 0.05) is 32.2 Å². The van der Waals surface area contributed by atoms with Crippen LogP contribution < -0.4 is 0 Å². The van der Waals surface area contributed by atoms with Crippen molar-refractivity contribution in [1.29, 1.82) is 0 Å². The zero-order chi connectivity index (χ0) is 18.5. The molecule has 0 aliphatic carbocycles. The van der Waals surface area contributed by atoms with Crippen LogP contribution in [0, 0.1) is 0 Å². The number of carboxylic acid groups (broad SMARTS) is 1. The van der Waals surface area contributed by atoms with E-state index in [0.29, 0.717) is 31.9 Å². The molecule has 1 aliphatic heterocycles. The predicted octanol–water partition coefficient (Wildman–Crippen LogP) is 3.01. The number of carbonyl (C=O) groups excluding carboxylic acids is 1. The first-order valence-corrected chi connectivity index (χ1v) is 8.89. The summed E-state index contributed by atoms with van der Waals surface area (Å²) in [6, 6.07) is 11.6. The lowest BCUT2D eigenvalue weighted by atomic mass is 10.1. The van der Waals surface area contributed by atoms with Crippen molar-refractivity contribution in [2.75, 3.05) is 19.7 Å². The van der Waals surface area contributed by atoms with Crippen molar-refractivity contribution in [2.45, 2.75) is 32.3 Å². The molecule has 1 saturated heterocycles. The molecule has 6 nitrogen and oxygen atoms in total. The van der Waals surface area contributed by atoms with Crippen molar-refractivity contribution in [3.8, 4) is 0 Å². The molecule has 1 amide bonds. The molecule has 0 spiro atoms. The summed E-state index contributed by atoms with van der Waals surface area (Å²) in [5, 5.41) is 9.14. The lowest BCUT2D eigenvalue weighted by Gasteiger charge is -2.38. The fourth-order valence-electron chi connectivity index (χ4n) is 3.01. The van der Waals surface area contributed by atoms with Crippen LogP contribution in [0.5, 0.6) is 0 Å². The second-order valence-electron chi connectivity index (χ2n) is 6.40. The van der Waals surface area contributed by atoms with Crippen LogP contribution in [0.4, 0.5) is 0 Å². The molecule has 1 fully saturated rings. The van der Waals surface area contributed by atoms with E-state index < -0.39 is 5.97 Å². The Morgan fingerprint density at radius 2 is 2.00 bits per heavy atom. The van der Waals surface area contributed by atoms with Crippen LogP contribution in [0.25, 0.3) is 0 Å². The molecular formula is C20H23NO5. The van der Waals surface area contributed by atoms with Crippen molar-refractivity contribution in [3.05, 3.63) is 59.0 Å². The van der Waals surface area contributed by atoms with Crippen LogP contribution in [0.3, 0.4) is 0 Å². The Balaban J connectivity index is 1.42. The summed E-state index contributed by atoms with van der Waals surface area (Å²) in [6.45, 7) is 3.47. The van der Waals surface area contributed by atoms with Crippen LogP contribution in [-0.2, 0) is 17.6 Å². The van der Waals surface area contributed by atoms with E-state index in [1.165, 1.54) is 11.6 Å². The minimum Gasteiger partial charge on any atom is -0.478 e. The van der Waals surface area contributed by atoms with Gasteiger partial charge in [0.15, 0.2) is 5.76 Å². The number of hydrogen-bond acceptors (Lipinski definition) is 4. The smallest absolute Gasteiger partial charge is 0.339 e. The normalized spacial score (nSPS) is 14.3. The summed E-state index contributed by atoms with van der Waals surface area (Å²) in [7, 11) is 0. The van der Waals surface area contributed by atoms with Gasteiger partial charge in [-0.25, -0.2) is 4.79 Å². The number of ether oxygens (including phenoxy) is 1. The van der Waals surface area contributed by atoms with Crippen LogP contribution in [0.1, 0.15) is 45.6 Å². The molecule has 0 atom stereocenters. The highest BCUT2D eigenvalue weighted by Gasteiger charge is 2.34. The number of aromatic carboxylic acids is 1. The van der Waals surface area contributed by atoms with E-state index in [4.69, 9.17) is 14.3 Å². The Bertz CT molecular complexity index is 762. The standard InChI is InChI=1S/C20H23NO5/c1-2-17-16(20(23)24)11-18(26-17)19(22)21-12-15(13-21)25-10-6-9-14-7-4-3-5-8-14/h3-5,7-8,11,15H,2,6,9-10,12-13H2,1H3,(H,23,24). The van der Waals surface area contributed by atoms with Gasteiger partial charge < -0.3 is 19.2 Å². The Morgan fingerprint density at radius 1 is 1.27 bits per heavy atom. The Morgan fingerprint density at radius 3 is 2.62 bits per heavy atom. The van der Waals surface area contributed by atoms with Crippen molar-refractivity contribution in [1.82, 2.24) is 4.90 Å². The van der Waals surface area contributed by atoms with E-state index in [1.807, 2.05) is 18.2 Å². The molecule has 138 valence electrons. The van der Waals surface area contributed by atoms with Crippen molar-refractivity contribution in [3.63, 3.8) is 0 Å². The molecular weight excluding hydrogens is 334 g/mol. The molecule has 1 aromatic carbocycles. The summed E-state index contributed by atoms with van der Waals surface area (Å²) >= 11 is 0. The Labute approximate surface area is 152 Å². The summed E-state index contributed by atoms with van der Waals surface area (Å²) in [6.07, 6.45) is 2.38.